The number of anilines is 1. The van der Waals surface area contributed by atoms with Gasteiger partial charge < -0.3 is 16.2 Å². The zero-order valence-corrected chi connectivity index (χ0v) is 8.28. The van der Waals surface area contributed by atoms with Gasteiger partial charge in [-0.25, -0.2) is 0 Å². The van der Waals surface area contributed by atoms with Crippen molar-refractivity contribution in [2.75, 3.05) is 5.73 Å². The Bertz CT molecular complexity index is 348. The van der Waals surface area contributed by atoms with Gasteiger partial charge >= 0.3 is 0 Å². The molecule has 0 unspecified atom stereocenters. The van der Waals surface area contributed by atoms with Crippen LogP contribution in [-0.2, 0) is 0 Å². The second kappa shape index (κ2) is 4.00. The first-order valence-electron chi connectivity index (χ1n) is 4.36. The molecule has 0 spiro atoms. The fourth-order valence-corrected chi connectivity index (χ4v) is 1.11. The molecule has 0 heterocycles. The van der Waals surface area contributed by atoms with Crippen molar-refractivity contribution in [1.29, 1.82) is 0 Å². The van der Waals surface area contributed by atoms with E-state index in [1.807, 2.05) is 13.8 Å². The van der Waals surface area contributed by atoms with Crippen molar-refractivity contribution in [2.45, 2.75) is 20.0 Å². The molecule has 0 aliphatic rings. The quantitative estimate of drug-likeness (QED) is 0.708. The fourth-order valence-electron chi connectivity index (χ4n) is 1.11. The molecule has 1 aromatic carbocycles. The summed E-state index contributed by atoms with van der Waals surface area (Å²) in [5, 5.41) is 0. The largest absolute Gasteiger partial charge is 0.491 e. The Morgan fingerprint density at radius 1 is 1.43 bits per heavy atom. The Balaban J connectivity index is 2.94. The molecule has 0 aliphatic carbocycles. The summed E-state index contributed by atoms with van der Waals surface area (Å²) in [7, 11) is 0. The van der Waals surface area contributed by atoms with Gasteiger partial charge in [0.2, 0.25) is 0 Å². The van der Waals surface area contributed by atoms with E-state index >= 15 is 0 Å². The van der Waals surface area contributed by atoms with Gasteiger partial charge in [-0.05, 0) is 26.0 Å². The molecule has 4 heteroatoms. The molecule has 0 bridgehead atoms. The van der Waals surface area contributed by atoms with Crippen molar-refractivity contribution in [3.8, 4) is 5.75 Å². The van der Waals surface area contributed by atoms with Crippen molar-refractivity contribution in [3.05, 3.63) is 23.8 Å². The first-order valence-corrected chi connectivity index (χ1v) is 4.36. The van der Waals surface area contributed by atoms with Crippen LogP contribution in [0.25, 0.3) is 0 Å². The molecular weight excluding hydrogens is 180 g/mol. The van der Waals surface area contributed by atoms with Crippen LogP contribution in [0.3, 0.4) is 0 Å². The molecule has 4 nitrogen and oxygen atoms in total. The highest BCUT2D eigenvalue weighted by molar-refractivity contribution is 5.98. The second-order valence-corrected chi connectivity index (χ2v) is 3.28. The number of benzene rings is 1. The van der Waals surface area contributed by atoms with Crippen molar-refractivity contribution in [1.82, 2.24) is 0 Å². The maximum atomic E-state index is 10.9. The number of hydrogen-bond acceptors (Lipinski definition) is 3. The molecule has 1 rings (SSSR count). The summed E-state index contributed by atoms with van der Waals surface area (Å²) < 4.78 is 5.40. The lowest BCUT2D eigenvalue weighted by atomic mass is 10.1. The van der Waals surface area contributed by atoms with Crippen LogP contribution in [0, 0.1) is 0 Å². The summed E-state index contributed by atoms with van der Waals surface area (Å²) >= 11 is 0. The standard InChI is InChI=1S/C10H14N2O2/c1-6(2)14-7-3-4-8(10(12)13)9(11)5-7/h3-6H,11H2,1-2H3,(H2,12,13). The minimum absolute atomic E-state index is 0.0776. The van der Waals surface area contributed by atoms with Gasteiger partial charge in [-0.1, -0.05) is 0 Å². The van der Waals surface area contributed by atoms with E-state index in [1.54, 1.807) is 18.2 Å². The van der Waals surface area contributed by atoms with Gasteiger partial charge in [0.1, 0.15) is 5.75 Å². The third kappa shape index (κ3) is 2.39. The molecule has 0 saturated carbocycles. The van der Waals surface area contributed by atoms with Gasteiger partial charge in [0, 0.05) is 11.8 Å². The summed E-state index contributed by atoms with van der Waals surface area (Å²) in [5.41, 5.74) is 11.4. The number of nitrogens with two attached hydrogens (primary N) is 2. The second-order valence-electron chi connectivity index (χ2n) is 3.28. The molecule has 0 atom stereocenters. The maximum absolute atomic E-state index is 10.9. The Hall–Kier alpha value is -1.71. The van der Waals surface area contributed by atoms with E-state index in [0.29, 0.717) is 17.0 Å². The minimum Gasteiger partial charge on any atom is -0.491 e. The number of carbonyl (C=O) groups excluding carboxylic acids is 1. The van der Waals surface area contributed by atoms with Crippen LogP contribution >= 0.6 is 0 Å². The van der Waals surface area contributed by atoms with Gasteiger partial charge in [0.05, 0.1) is 11.7 Å². The molecule has 1 amide bonds. The third-order valence-electron chi connectivity index (χ3n) is 1.66. The Kier molecular flexibility index (Phi) is 2.96. The molecule has 1 aromatic rings. The van der Waals surface area contributed by atoms with Crippen LogP contribution in [0.1, 0.15) is 24.2 Å². The Labute approximate surface area is 82.8 Å². The molecule has 14 heavy (non-hydrogen) atoms. The van der Waals surface area contributed by atoms with E-state index in [2.05, 4.69) is 0 Å². The van der Waals surface area contributed by atoms with E-state index in [1.165, 1.54) is 0 Å². The minimum atomic E-state index is -0.529. The van der Waals surface area contributed by atoms with Gasteiger partial charge in [-0.3, -0.25) is 4.79 Å². The third-order valence-corrected chi connectivity index (χ3v) is 1.66. The topological polar surface area (TPSA) is 78.3 Å². The number of nitrogen functional groups attached to an aromatic ring is 1. The van der Waals surface area contributed by atoms with Crippen LogP contribution in [0.5, 0.6) is 5.75 Å². The smallest absolute Gasteiger partial charge is 0.250 e. The number of carbonyl (C=O) groups is 1. The van der Waals surface area contributed by atoms with Crippen LogP contribution in [0.15, 0.2) is 18.2 Å². The molecule has 0 fully saturated rings. The number of amides is 1. The van der Waals surface area contributed by atoms with Gasteiger partial charge in [-0.2, -0.15) is 0 Å². The summed E-state index contributed by atoms with van der Waals surface area (Å²) in [5.74, 6) is 0.112. The van der Waals surface area contributed by atoms with Crippen LogP contribution in [0.2, 0.25) is 0 Å². The van der Waals surface area contributed by atoms with Crippen molar-refractivity contribution in [2.24, 2.45) is 5.73 Å². The van der Waals surface area contributed by atoms with Crippen LogP contribution in [0.4, 0.5) is 5.69 Å². The summed E-state index contributed by atoms with van der Waals surface area (Å²) in [6, 6.07) is 4.84. The average molecular weight is 194 g/mol. The Morgan fingerprint density at radius 3 is 2.50 bits per heavy atom. The molecule has 4 N–H and O–H groups in total. The van der Waals surface area contributed by atoms with Gasteiger partial charge in [-0.15, -0.1) is 0 Å². The Morgan fingerprint density at radius 2 is 2.07 bits per heavy atom. The van der Waals surface area contributed by atoms with E-state index < -0.39 is 5.91 Å². The van der Waals surface area contributed by atoms with Crippen molar-refractivity contribution < 1.29 is 9.53 Å². The fraction of sp³-hybridized carbons (Fsp3) is 0.300. The number of primary amides is 1. The lowest BCUT2D eigenvalue weighted by Gasteiger charge is -2.10. The zero-order chi connectivity index (χ0) is 10.7. The molecule has 0 saturated heterocycles. The lowest BCUT2D eigenvalue weighted by Crippen LogP contribution is -2.14. The lowest BCUT2D eigenvalue weighted by molar-refractivity contribution is 0.100. The first kappa shape index (κ1) is 10.4. The average Bonchev–Trinajstić information content (AvgIpc) is 2.01. The highest BCUT2D eigenvalue weighted by Crippen LogP contribution is 2.20. The first-order chi connectivity index (χ1) is 6.50. The summed E-state index contributed by atoms with van der Waals surface area (Å²) in [4.78, 5) is 10.9. The summed E-state index contributed by atoms with van der Waals surface area (Å²) in [6.45, 7) is 3.83. The van der Waals surface area contributed by atoms with Gasteiger partial charge in [0.15, 0.2) is 0 Å². The number of rotatable bonds is 3. The SMILES string of the molecule is CC(C)Oc1ccc(C(N)=O)c(N)c1. The molecular formula is C10H14N2O2. The van der Waals surface area contributed by atoms with E-state index in [9.17, 15) is 4.79 Å². The van der Waals surface area contributed by atoms with E-state index in [0.717, 1.165) is 0 Å². The molecule has 0 aliphatic heterocycles. The highest BCUT2D eigenvalue weighted by Gasteiger charge is 2.07. The zero-order valence-electron chi connectivity index (χ0n) is 8.28. The van der Waals surface area contributed by atoms with E-state index in [-0.39, 0.29) is 6.10 Å². The van der Waals surface area contributed by atoms with Crippen molar-refractivity contribution in [3.63, 3.8) is 0 Å². The predicted molar refractivity (Wildman–Crippen MR) is 55.1 cm³/mol. The van der Waals surface area contributed by atoms with E-state index in [4.69, 9.17) is 16.2 Å². The molecule has 0 aromatic heterocycles. The number of hydrogen-bond donors (Lipinski definition) is 2. The number of ether oxygens (including phenoxy) is 1. The predicted octanol–water partition coefficient (Wildman–Crippen LogP) is 1.15. The van der Waals surface area contributed by atoms with Crippen LogP contribution in [-0.4, -0.2) is 12.0 Å². The highest BCUT2D eigenvalue weighted by atomic mass is 16.5. The maximum Gasteiger partial charge on any atom is 0.250 e. The monoisotopic (exact) mass is 194 g/mol. The van der Waals surface area contributed by atoms with Gasteiger partial charge in [0.25, 0.3) is 5.91 Å². The normalized spacial score (nSPS) is 10.2. The van der Waals surface area contributed by atoms with Crippen LogP contribution < -0.4 is 16.2 Å². The van der Waals surface area contributed by atoms with Crippen molar-refractivity contribution >= 4 is 11.6 Å². The molecule has 76 valence electrons. The molecule has 0 radical (unpaired) electrons. The summed E-state index contributed by atoms with van der Waals surface area (Å²) in [6.07, 6.45) is 0.0776.